The van der Waals surface area contributed by atoms with E-state index in [9.17, 15) is 0 Å². The van der Waals surface area contributed by atoms with Gasteiger partial charge in [-0.2, -0.15) is 0 Å². The molecule has 0 spiro atoms. The quantitative estimate of drug-likeness (QED) is 0.415. The van der Waals surface area contributed by atoms with E-state index in [1.165, 1.54) is 0 Å². The lowest BCUT2D eigenvalue weighted by Crippen LogP contribution is -2.04. The van der Waals surface area contributed by atoms with Crippen LogP contribution in [0.15, 0.2) is 48.7 Å². The monoisotopic (exact) mass is 335 g/mol. The number of ether oxygens (including phenoxy) is 3. The Labute approximate surface area is 145 Å². The smallest absolute Gasteiger partial charge is 0.229 e. The van der Waals surface area contributed by atoms with E-state index >= 15 is 0 Å². The molecule has 3 rings (SSSR count). The standard InChI is InChI=1S/C19H17N3O3/c1-21-17-11-15-16(12-19(17)24-10-9-23-2)22-8-7-18(15)25-14-5-3-13(20)4-6-14/h3-8,11-12H,9-10,20H2,2H3. The van der Waals surface area contributed by atoms with Gasteiger partial charge in [-0.05, 0) is 42.5 Å². The maximum atomic E-state index is 7.39. The highest BCUT2D eigenvalue weighted by Crippen LogP contribution is 2.37. The topological polar surface area (TPSA) is 71.0 Å². The Morgan fingerprint density at radius 2 is 1.88 bits per heavy atom. The summed E-state index contributed by atoms with van der Waals surface area (Å²) < 4.78 is 16.5. The number of rotatable bonds is 6. The van der Waals surface area contributed by atoms with Gasteiger partial charge in [-0.1, -0.05) is 0 Å². The predicted octanol–water partition coefficient (Wildman–Crippen LogP) is 4.19. The third kappa shape index (κ3) is 3.79. The van der Waals surface area contributed by atoms with Gasteiger partial charge in [0.25, 0.3) is 0 Å². The first-order valence-corrected chi connectivity index (χ1v) is 7.66. The molecule has 0 saturated heterocycles. The van der Waals surface area contributed by atoms with Gasteiger partial charge in [0.1, 0.15) is 23.9 Å². The third-order valence-electron chi connectivity index (χ3n) is 3.56. The Morgan fingerprint density at radius 1 is 1.08 bits per heavy atom. The lowest BCUT2D eigenvalue weighted by molar-refractivity contribution is 0.147. The first kappa shape index (κ1) is 16.6. The maximum absolute atomic E-state index is 7.39. The summed E-state index contributed by atoms with van der Waals surface area (Å²) in [4.78, 5) is 7.89. The van der Waals surface area contributed by atoms with Crippen molar-refractivity contribution in [2.75, 3.05) is 26.1 Å². The molecule has 1 heterocycles. The van der Waals surface area contributed by atoms with Crippen LogP contribution in [0.2, 0.25) is 0 Å². The van der Waals surface area contributed by atoms with Gasteiger partial charge in [0, 0.05) is 24.4 Å². The van der Waals surface area contributed by atoms with Gasteiger partial charge in [-0.3, -0.25) is 4.98 Å². The zero-order valence-electron chi connectivity index (χ0n) is 13.7. The van der Waals surface area contributed by atoms with Crippen LogP contribution < -0.4 is 15.2 Å². The summed E-state index contributed by atoms with van der Waals surface area (Å²) in [5.41, 5.74) is 7.45. The fraction of sp³-hybridized carbons (Fsp3) is 0.158. The lowest BCUT2D eigenvalue weighted by Gasteiger charge is -2.12. The van der Waals surface area contributed by atoms with Crippen LogP contribution in [-0.2, 0) is 4.74 Å². The number of fused-ring (bicyclic) bond motifs is 1. The summed E-state index contributed by atoms with van der Waals surface area (Å²) in [5.74, 6) is 1.76. The molecule has 25 heavy (non-hydrogen) atoms. The highest BCUT2D eigenvalue weighted by atomic mass is 16.5. The molecule has 0 saturated carbocycles. The molecular formula is C19H17N3O3. The molecule has 6 heteroatoms. The minimum atomic E-state index is 0.367. The highest BCUT2D eigenvalue weighted by molar-refractivity contribution is 5.91. The summed E-state index contributed by atoms with van der Waals surface area (Å²) in [6, 6.07) is 12.4. The van der Waals surface area contributed by atoms with Gasteiger partial charge in [0.2, 0.25) is 5.69 Å². The van der Waals surface area contributed by atoms with E-state index in [-0.39, 0.29) is 0 Å². The van der Waals surface area contributed by atoms with E-state index in [2.05, 4.69) is 9.83 Å². The minimum Gasteiger partial charge on any atom is -0.502 e. The second kappa shape index (κ2) is 7.51. The Hall–Kier alpha value is -3.30. The minimum absolute atomic E-state index is 0.367. The molecule has 0 aliphatic carbocycles. The molecule has 0 aliphatic rings. The third-order valence-corrected chi connectivity index (χ3v) is 3.56. The Balaban J connectivity index is 1.97. The number of aromatic nitrogens is 1. The number of pyridine rings is 1. The molecule has 6 nitrogen and oxygen atoms in total. The van der Waals surface area contributed by atoms with Crippen LogP contribution in [0.25, 0.3) is 15.7 Å². The number of nitrogens with two attached hydrogens (primary N) is 1. The molecule has 0 amide bonds. The normalized spacial score (nSPS) is 10.4. The molecule has 0 fully saturated rings. The average Bonchev–Trinajstić information content (AvgIpc) is 2.63. The fourth-order valence-electron chi connectivity index (χ4n) is 2.33. The predicted molar refractivity (Wildman–Crippen MR) is 96.3 cm³/mol. The van der Waals surface area contributed by atoms with Gasteiger partial charge < -0.3 is 19.9 Å². The Kier molecular flexibility index (Phi) is 4.97. The van der Waals surface area contributed by atoms with Crippen molar-refractivity contribution in [3.63, 3.8) is 0 Å². The molecule has 3 aromatic rings. The largest absolute Gasteiger partial charge is 0.502 e. The van der Waals surface area contributed by atoms with Crippen LogP contribution in [0.1, 0.15) is 0 Å². The van der Waals surface area contributed by atoms with Gasteiger partial charge in [0.05, 0.1) is 18.7 Å². The van der Waals surface area contributed by atoms with Crippen molar-refractivity contribution in [3.8, 4) is 17.2 Å². The van der Waals surface area contributed by atoms with Crippen LogP contribution in [0.3, 0.4) is 0 Å². The molecule has 0 radical (unpaired) electrons. The molecule has 2 N–H and O–H groups in total. The van der Waals surface area contributed by atoms with Crippen LogP contribution in [0.4, 0.5) is 11.4 Å². The number of nitrogens with zero attached hydrogens (tertiary/aromatic N) is 2. The number of benzene rings is 2. The maximum Gasteiger partial charge on any atom is 0.229 e. The number of nitrogen functional groups attached to an aromatic ring is 1. The van der Waals surface area contributed by atoms with Crippen molar-refractivity contribution in [1.82, 2.24) is 4.98 Å². The molecule has 0 unspecified atom stereocenters. The summed E-state index contributed by atoms with van der Waals surface area (Å²) >= 11 is 0. The van der Waals surface area contributed by atoms with Gasteiger partial charge >= 0.3 is 0 Å². The van der Waals surface area contributed by atoms with Crippen molar-refractivity contribution >= 4 is 22.3 Å². The van der Waals surface area contributed by atoms with Gasteiger partial charge in [-0.15, -0.1) is 0 Å². The SMILES string of the molecule is [C-]#[N+]c1cc2c(Oc3ccc(N)cc3)ccnc2cc1OCCOC. The number of hydrogen-bond acceptors (Lipinski definition) is 5. The Morgan fingerprint density at radius 3 is 2.60 bits per heavy atom. The molecule has 2 aromatic carbocycles. The summed E-state index contributed by atoms with van der Waals surface area (Å²) in [5, 5.41) is 0.740. The summed E-state index contributed by atoms with van der Waals surface area (Å²) in [7, 11) is 1.60. The number of hydrogen-bond donors (Lipinski definition) is 1. The first-order chi connectivity index (χ1) is 12.2. The molecule has 1 aromatic heterocycles. The fourth-order valence-corrected chi connectivity index (χ4v) is 2.33. The van der Waals surface area contributed by atoms with E-state index in [1.807, 2.05) is 0 Å². The molecule has 0 aliphatic heterocycles. The molecule has 0 bridgehead atoms. The van der Waals surface area contributed by atoms with Crippen molar-refractivity contribution in [3.05, 3.63) is 60.1 Å². The van der Waals surface area contributed by atoms with E-state index in [0.29, 0.717) is 47.4 Å². The molecule has 126 valence electrons. The first-order valence-electron chi connectivity index (χ1n) is 7.66. The second-order valence-corrected chi connectivity index (χ2v) is 5.27. The number of methoxy groups -OCH3 is 1. The van der Waals surface area contributed by atoms with E-state index in [0.717, 1.165) is 5.39 Å². The van der Waals surface area contributed by atoms with E-state index < -0.39 is 0 Å². The summed E-state index contributed by atoms with van der Waals surface area (Å²) in [6.07, 6.45) is 1.66. The Bertz CT molecular complexity index is 918. The molecule has 0 atom stereocenters. The van der Waals surface area contributed by atoms with Crippen LogP contribution in [-0.4, -0.2) is 25.3 Å². The second-order valence-electron chi connectivity index (χ2n) is 5.27. The zero-order valence-corrected chi connectivity index (χ0v) is 13.7. The van der Waals surface area contributed by atoms with Gasteiger partial charge in [0.15, 0.2) is 0 Å². The number of anilines is 1. The average molecular weight is 335 g/mol. The van der Waals surface area contributed by atoms with Crippen LogP contribution >= 0.6 is 0 Å². The van der Waals surface area contributed by atoms with Crippen molar-refractivity contribution < 1.29 is 14.2 Å². The highest BCUT2D eigenvalue weighted by Gasteiger charge is 2.11. The van der Waals surface area contributed by atoms with Crippen LogP contribution in [0, 0.1) is 6.57 Å². The van der Waals surface area contributed by atoms with E-state index in [4.69, 9.17) is 26.5 Å². The van der Waals surface area contributed by atoms with Crippen molar-refractivity contribution in [1.29, 1.82) is 0 Å². The van der Waals surface area contributed by atoms with Gasteiger partial charge in [-0.25, -0.2) is 4.85 Å². The van der Waals surface area contributed by atoms with Crippen molar-refractivity contribution in [2.45, 2.75) is 0 Å². The lowest BCUT2D eigenvalue weighted by atomic mass is 10.1. The van der Waals surface area contributed by atoms with Crippen LogP contribution in [0.5, 0.6) is 17.2 Å². The molecular weight excluding hydrogens is 318 g/mol. The van der Waals surface area contributed by atoms with E-state index in [1.54, 1.807) is 55.8 Å². The summed E-state index contributed by atoms with van der Waals surface area (Å²) in [6.45, 7) is 8.21. The van der Waals surface area contributed by atoms with Crippen molar-refractivity contribution in [2.24, 2.45) is 0 Å². The zero-order chi connectivity index (χ0) is 17.6.